The third-order valence-electron chi connectivity index (χ3n) is 2.78. The summed E-state index contributed by atoms with van der Waals surface area (Å²) in [5, 5.41) is 9.25. The van der Waals surface area contributed by atoms with Crippen LogP contribution in [0.5, 0.6) is 5.75 Å². The van der Waals surface area contributed by atoms with Gasteiger partial charge in [-0.25, -0.2) is 5.10 Å². The van der Waals surface area contributed by atoms with Gasteiger partial charge < -0.3 is 10.1 Å². The van der Waals surface area contributed by atoms with Gasteiger partial charge in [0.15, 0.2) is 0 Å². The van der Waals surface area contributed by atoms with Crippen LogP contribution < -0.4 is 15.6 Å². The summed E-state index contributed by atoms with van der Waals surface area (Å²) in [7, 11) is 1.62. The zero-order valence-electron chi connectivity index (χ0n) is 10.6. The van der Waals surface area contributed by atoms with Crippen molar-refractivity contribution in [2.75, 3.05) is 12.4 Å². The van der Waals surface area contributed by atoms with Gasteiger partial charge in [-0.15, -0.1) is 0 Å². The molecule has 5 nitrogen and oxygen atoms in total. The monoisotopic (exact) mass is 279 g/mol. The number of hydrogen-bond acceptors (Lipinski definition) is 4. The van der Waals surface area contributed by atoms with Crippen LogP contribution in [0.3, 0.4) is 0 Å². The molecule has 0 aliphatic rings. The van der Waals surface area contributed by atoms with Crippen LogP contribution in [-0.2, 0) is 0 Å². The number of benzene rings is 1. The minimum absolute atomic E-state index is 0.00740. The van der Waals surface area contributed by atoms with Crippen LogP contribution >= 0.6 is 11.6 Å². The van der Waals surface area contributed by atoms with E-state index in [1.807, 2.05) is 31.2 Å². The molecular weight excluding hydrogens is 266 g/mol. The van der Waals surface area contributed by atoms with Gasteiger partial charge in [0, 0.05) is 6.04 Å². The summed E-state index contributed by atoms with van der Waals surface area (Å²) in [6, 6.07) is 7.65. The molecule has 0 saturated heterocycles. The molecule has 0 radical (unpaired) electrons. The highest BCUT2D eigenvalue weighted by atomic mass is 35.5. The molecule has 100 valence electrons. The lowest BCUT2D eigenvalue weighted by Gasteiger charge is -2.16. The van der Waals surface area contributed by atoms with Gasteiger partial charge in [-0.1, -0.05) is 23.7 Å². The molecule has 0 fully saturated rings. The lowest BCUT2D eigenvalue weighted by Crippen LogP contribution is -2.14. The highest BCUT2D eigenvalue weighted by molar-refractivity contribution is 6.32. The topological polar surface area (TPSA) is 67.0 Å². The molecule has 2 N–H and O–H groups in total. The predicted octanol–water partition coefficient (Wildman–Crippen LogP) is 2.61. The first-order chi connectivity index (χ1) is 9.11. The first-order valence-corrected chi connectivity index (χ1v) is 6.13. The van der Waals surface area contributed by atoms with Gasteiger partial charge in [0.2, 0.25) is 0 Å². The molecule has 6 heteroatoms. The van der Waals surface area contributed by atoms with E-state index in [1.165, 1.54) is 6.20 Å². The molecule has 1 aromatic heterocycles. The minimum atomic E-state index is -0.409. The van der Waals surface area contributed by atoms with Crippen molar-refractivity contribution in [3.8, 4) is 5.75 Å². The van der Waals surface area contributed by atoms with E-state index < -0.39 is 5.56 Å². The van der Waals surface area contributed by atoms with E-state index in [-0.39, 0.29) is 11.1 Å². The molecule has 2 rings (SSSR count). The number of nitrogens with zero attached hydrogens (tertiary/aromatic N) is 1. The number of H-pyrrole nitrogens is 1. The molecule has 0 amide bonds. The normalized spacial score (nSPS) is 11.9. The van der Waals surface area contributed by atoms with E-state index >= 15 is 0 Å². The van der Waals surface area contributed by atoms with Gasteiger partial charge in [-0.2, -0.15) is 5.10 Å². The van der Waals surface area contributed by atoms with Crippen molar-refractivity contribution in [2.24, 2.45) is 0 Å². The Hall–Kier alpha value is -2.01. The average Bonchev–Trinajstić information content (AvgIpc) is 2.44. The first kappa shape index (κ1) is 13.4. The Balaban J connectivity index is 2.18. The van der Waals surface area contributed by atoms with Gasteiger partial charge in [0.1, 0.15) is 10.8 Å². The fraction of sp³-hybridized carbons (Fsp3) is 0.231. The summed E-state index contributed by atoms with van der Waals surface area (Å²) in [4.78, 5) is 11.3. The first-order valence-electron chi connectivity index (χ1n) is 5.75. The van der Waals surface area contributed by atoms with Gasteiger partial charge in [0.25, 0.3) is 5.56 Å². The Morgan fingerprint density at radius 2 is 2.05 bits per heavy atom. The number of halogens is 1. The Kier molecular flexibility index (Phi) is 4.06. The molecular formula is C13H14ClN3O2. The highest BCUT2D eigenvalue weighted by Crippen LogP contribution is 2.23. The van der Waals surface area contributed by atoms with Crippen LogP contribution in [0, 0.1) is 0 Å². The molecule has 1 atom stereocenters. The van der Waals surface area contributed by atoms with Crippen molar-refractivity contribution in [2.45, 2.75) is 13.0 Å². The number of nitrogens with one attached hydrogen (secondary N) is 2. The molecule has 0 aliphatic heterocycles. The van der Waals surface area contributed by atoms with Crippen LogP contribution in [0.1, 0.15) is 18.5 Å². The third kappa shape index (κ3) is 3.06. The van der Waals surface area contributed by atoms with Gasteiger partial charge in [0.05, 0.1) is 19.0 Å². The maximum atomic E-state index is 11.3. The number of ether oxygens (including phenoxy) is 1. The lowest BCUT2D eigenvalue weighted by atomic mass is 10.1. The zero-order valence-corrected chi connectivity index (χ0v) is 11.4. The second-order valence-electron chi connectivity index (χ2n) is 4.07. The van der Waals surface area contributed by atoms with Crippen LogP contribution in [0.4, 0.5) is 5.69 Å². The van der Waals surface area contributed by atoms with Crippen molar-refractivity contribution in [1.82, 2.24) is 10.2 Å². The Morgan fingerprint density at radius 1 is 1.37 bits per heavy atom. The molecule has 0 spiro atoms. The van der Waals surface area contributed by atoms with Gasteiger partial charge in [-0.05, 0) is 24.6 Å². The molecule has 1 heterocycles. The number of rotatable bonds is 4. The Labute approximate surface area is 115 Å². The van der Waals surface area contributed by atoms with E-state index in [4.69, 9.17) is 16.3 Å². The van der Waals surface area contributed by atoms with Crippen molar-refractivity contribution in [3.05, 3.63) is 51.4 Å². The molecule has 0 aliphatic carbocycles. The number of aromatic amines is 1. The standard InChI is InChI=1S/C13H14ClN3O2/c1-8(9-3-5-10(19-2)6-4-9)16-11-7-15-17-13(18)12(11)14/h3-8H,1-2H3,(H2,16,17,18). The largest absolute Gasteiger partial charge is 0.497 e. The van der Waals surface area contributed by atoms with Crippen LogP contribution in [0.2, 0.25) is 5.02 Å². The Morgan fingerprint density at radius 3 is 2.68 bits per heavy atom. The van der Waals surface area contributed by atoms with Gasteiger partial charge >= 0.3 is 0 Å². The number of methoxy groups -OCH3 is 1. The van der Waals surface area contributed by atoms with Crippen LogP contribution in [-0.4, -0.2) is 17.3 Å². The Bertz CT molecular complexity index is 610. The summed E-state index contributed by atoms with van der Waals surface area (Å²) in [5.74, 6) is 0.798. The summed E-state index contributed by atoms with van der Waals surface area (Å²) >= 11 is 5.91. The smallest absolute Gasteiger partial charge is 0.285 e. The summed E-state index contributed by atoms with van der Waals surface area (Å²) in [5.41, 5.74) is 1.15. The third-order valence-corrected chi connectivity index (χ3v) is 3.16. The van der Waals surface area contributed by atoms with E-state index in [0.29, 0.717) is 5.69 Å². The zero-order chi connectivity index (χ0) is 13.8. The fourth-order valence-electron chi connectivity index (χ4n) is 1.69. The molecule has 0 saturated carbocycles. The van der Waals surface area contributed by atoms with Crippen molar-refractivity contribution < 1.29 is 4.74 Å². The number of hydrogen-bond donors (Lipinski definition) is 2. The van der Waals surface area contributed by atoms with Crippen molar-refractivity contribution in [3.63, 3.8) is 0 Å². The average molecular weight is 280 g/mol. The van der Waals surface area contributed by atoms with Crippen LogP contribution in [0.25, 0.3) is 0 Å². The summed E-state index contributed by atoms with van der Waals surface area (Å²) < 4.78 is 5.11. The van der Waals surface area contributed by atoms with Crippen LogP contribution in [0.15, 0.2) is 35.3 Å². The number of aromatic nitrogens is 2. The van der Waals surface area contributed by atoms with E-state index in [0.717, 1.165) is 11.3 Å². The molecule has 2 aromatic rings. The quantitative estimate of drug-likeness (QED) is 0.903. The molecule has 19 heavy (non-hydrogen) atoms. The second-order valence-corrected chi connectivity index (χ2v) is 4.44. The van der Waals surface area contributed by atoms with Crippen molar-refractivity contribution >= 4 is 17.3 Å². The van der Waals surface area contributed by atoms with E-state index in [1.54, 1.807) is 7.11 Å². The number of anilines is 1. The lowest BCUT2D eigenvalue weighted by molar-refractivity contribution is 0.414. The molecule has 1 unspecified atom stereocenters. The second kappa shape index (κ2) is 5.75. The predicted molar refractivity (Wildman–Crippen MR) is 74.9 cm³/mol. The molecule has 1 aromatic carbocycles. The fourth-order valence-corrected chi connectivity index (χ4v) is 1.84. The maximum Gasteiger partial charge on any atom is 0.285 e. The molecule has 0 bridgehead atoms. The minimum Gasteiger partial charge on any atom is -0.497 e. The van der Waals surface area contributed by atoms with E-state index in [9.17, 15) is 4.79 Å². The highest BCUT2D eigenvalue weighted by Gasteiger charge is 2.10. The van der Waals surface area contributed by atoms with E-state index in [2.05, 4.69) is 15.5 Å². The maximum absolute atomic E-state index is 11.3. The summed E-state index contributed by atoms with van der Waals surface area (Å²) in [6.45, 7) is 1.97. The van der Waals surface area contributed by atoms with Gasteiger partial charge in [-0.3, -0.25) is 4.79 Å². The SMILES string of the molecule is COc1ccc(C(C)Nc2cn[nH]c(=O)c2Cl)cc1. The summed E-state index contributed by atoms with van der Waals surface area (Å²) in [6.07, 6.45) is 1.49. The van der Waals surface area contributed by atoms with Crippen molar-refractivity contribution in [1.29, 1.82) is 0 Å².